The number of aromatic nitrogens is 1. The number of carbonyl (C=O) groups is 1. The summed E-state index contributed by atoms with van der Waals surface area (Å²) in [4.78, 5) is 24.0. The third-order valence-electron chi connectivity index (χ3n) is 3.66. The fourth-order valence-corrected chi connectivity index (χ4v) is 2.70. The quantitative estimate of drug-likeness (QED) is 0.908. The Hall–Kier alpha value is -2.36. The number of hydrogen-bond acceptors (Lipinski definition) is 3. The van der Waals surface area contributed by atoms with E-state index in [2.05, 4.69) is 0 Å². The van der Waals surface area contributed by atoms with E-state index >= 15 is 0 Å². The van der Waals surface area contributed by atoms with E-state index in [1.165, 1.54) is 6.07 Å². The average Bonchev–Trinajstić information content (AvgIpc) is 2.42. The molecule has 1 aliphatic rings. The highest BCUT2D eigenvalue weighted by molar-refractivity contribution is 5.97. The van der Waals surface area contributed by atoms with Crippen LogP contribution in [0.4, 0.5) is 0 Å². The number of phenolic OH excluding ortho intramolecular Hbond substituents is 1. The first-order valence-corrected chi connectivity index (χ1v) is 6.69. The van der Waals surface area contributed by atoms with Crippen molar-refractivity contribution >= 4 is 5.78 Å². The molecule has 0 unspecified atom stereocenters. The summed E-state index contributed by atoms with van der Waals surface area (Å²) < 4.78 is 1.64. The Bertz CT molecular complexity index is 731. The Morgan fingerprint density at radius 2 is 1.95 bits per heavy atom. The van der Waals surface area contributed by atoms with Crippen LogP contribution in [0.15, 0.2) is 41.2 Å². The van der Waals surface area contributed by atoms with Gasteiger partial charge in [0.05, 0.1) is 6.54 Å². The van der Waals surface area contributed by atoms with E-state index in [1.807, 2.05) is 6.07 Å². The average molecular weight is 269 g/mol. The van der Waals surface area contributed by atoms with E-state index in [0.29, 0.717) is 18.5 Å². The molecule has 0 aliphatic heterocycles. The molecule has 1 aliphatic carbocycles. The first kappa shape index (κ1) is 12.7. The largest absolute Gasteiger partial charge is 0.508 e. The Balaban J connectivity index is 2.07. The van der Waals surface area contributed by atoms with Gasteiger partial charge in [0.15, 0.2) is 5.78 Å². The second kappa shape index (κ2) is 4.96. The molecule has 20 heavy (non-hydrogen) atoms. The smallest absolute Gasteiger partial charge is 0.251 e. The van der Waals surface area contributed by atoms with Gasteiger partial charge < -0.3 is 9.67 Å². The molecule has 0 radical (unpaired) electrons. The van der Waals surface area contributed by atoms with Crippen LogP contribution in [0.5, 0.6) is 5.75 Å². The van der Waals surface area contributed by atoms with E-state index in [1.54, 1.807) is 28.8 Å². The molecule has 0 amide bonds. The number of benzene rings is 1. The van der Waals surface area contributed by atoms with Crippen molar-refractivity contribution in [2.75, 3.05) is 0 Å². The van der Waals surface area contributed by atoms with E-state index < -0.39 is 0 Å². The van der Waals surface area contributed by atoms with Gasteiger partial charge in [-0.05, 0) is 36.6 Å². The normalized spacial score (nSPS) is 14.1. The Morgan fingerprint density at radius 1 is 1.10 bits per heavy atom. The molecule has 1 aromatic heterocycles. The second-order valence-electron chi connectivity index (χ2n) is 5.06. The summed E-state index contributed by atoms with van der Waals surface area (Å²) in [7, 11) is 0. The van der Waals surface area contributed by atoms with Crippen molar-refractivity contribution in [3.05, 3.63) is 63.6 Å². The predicted molar refractivity (Wildman–Crippen MR) is 75.2 cm³/mol. The van der Waals surface area contributed by atoms with Crippen molar-refractivity contribution in [3.63, 3.8) is 0 Å². The number of ketones is 1. The van der Waals surface area contributed by atoms with Crippen molar-refractivity contribution in [1.29, 1.82) is 0 Å². The molecule has 4 heteroatoms. The molecule has 0 saturated heterocycles. The molecule has 0 fully saturated rings. The van der Waals surface area contributed by atoms with Gasteiger partial charge in [-0.3, -0.25) is 9.59 Å². The van der Waals surface area contributed by atoms with Crippen LogP contribution in [0.2, 0.25) is 0 Å². The van der Waals surface area contributed by atoms with Crippen LogP contribution >= 0.6 is 0 Å². The Kier molecular flexibility index (Phi) is 3.14. The monoisotopic (exact) mass is 269 g/mol. The maximum absolute atomic E-state index is 12.1. The lowest BCUT2D eigenvalue weighted by Gasteiger charge is -2.20. The molecule has 3 rings (SSSR count). The molecular weight excluding hydrogens is 254 g/mol. The first-order valence-electron chi connectivity index (χ1n) is 6.69. The third kappa shape index (κ3) is 2.25. The minimum absolute atomic E-state index is 0.107. The minimum Gasteiger partial charge on any atom is -0.508 e. The summed E-state index contributed by atoms with van der Waals surface area (Å²) in [5.41, 5.74) is 2.22. The van der Waals surface area contributed by atoms with Crippen molar-refractivity contribution in [2.45, 2.75) is 25.8 Å². The molecule has 0 saturated carbocycles. The van der Waals surface area contributed by atoms with Gasteiger partial charge in [-0.2, -0.15) is 0 Å². The van der Waals surface area contributed by atoms with Gasteiger partial charge in [-0.1, -0.05) is 12.1 Å². The highest BCUT2D eigenvalue weighted by Gasteiger charge is 2.20. The van der Waals surface area contributed by atoms with Gasteiger partial charge in [0, 0.05) is 23.7 Å². The van der Waals surface area contributed by atoms with Crippen molar-refractivity contribution < 1.29 is 9.90 Å². The first-order chi connectivity index (χ1) is 9.65. The number of rotatable bonds is 2. The summed E-state index contributed by atoms with van der Waals surface area (Å²) in [6, 6.07) is 9.92. The van der Waals surface area contributed by atoms with Gasteiger partial charge >= 0.3 is 0 Å². The van der Waals surface area contributed by atoms with Gasteiger partial charge in [-0.25, -0.2) is 0 Å². The van der Waals surface area contributed by atoms with E-state index in [-0.39, 0.29) is 17.1 Å². The fourth-order valence-electron chi connectivity index (χ4n) is 2.70. The summed E-state index contributed by atoms with van der Waals surface area (Å²) >= 11 is 0. The van der Waals surface area contributed by atoms with Gasteiger partial charge in [0.1, 0.15) is 5.75 Å². The summed E-state index contributed by atoms with van der Waals surface area (Å²) in [5, 5.41) is 9.50. The number of carbonyl (C=O) groups excluding carboxylic acids is 1. The lowest BCUT2D eigenvalue weighted by molar-refractivity contribution is 0.0970. The summed E-state index contributed by atoms with van der Waals surface area (Å²) in [5.74, 6) is 0.285. The molecule has 0 bridgehead atoms. The molecular formula is C16H15NO3. The van der Waals surface area contributed by atoms with Crippen LogP contribution in [0.25, 0.3) is 0 Å². The standard InChI is InChI=1S/C16H15NO3/c18-12-4-1-3-11(9-12)10-17-14-5-2-6-15(19)13(14)7-8-16(17)20/h1,3-4,7-9,18H,2,5-6,10H2. The number of nitrogens with zero attached hydrogens (tertiary/aromatic N) is 1. The van der Waals surface area contributed by atoms with Gasteiger partial charge in [-0.15, -0.1) is 0 Å². The molecule has 0 atom stereocenters. The highest BCUT2D eigenvalue weighted by Crippen LogP contribution is 2.21. The molecule has 102 valence electrons. The SMILES string of the molecule is O=C1CCCc2c1ccc(=O)n2Cc1cccc(O)c1. The molecule has 2 aromatic rings. The van der Waals surface area contributed by atoms with Crippen LogP contribution in [0, 0.1) is 0 Å². The maximum atomic E-state index is 12.1. The number of hydrogen-bond donors (Lipinski definition) is 1. The zero-order chi connectivity index (χ0) is 14.1. The fraction of sp³-hybridized carbons (Fsp3) is 0.250. The lowest BCUT2D eigenvalue weighted by atomic mass is 9.94. The highest BCUT2D eigenvalue weighted by atomic mass is 16.3. The van der Waals surface area contributed by atoms with Crippen LogP contribution in [-0.2, 0) is 13.0 Å². The predicted octanol–water partition coefficient (Wildman–Crippen LogP) is 2.12. The van der Waals surface area contributed by atoms with E-state index in [4.69, 9.17) is 0 Å². The summed E-state index contributed by atoms with van der Waals surface area (Å²) in [6.07, 6.45) is 2.09. The molecule has 1 heterocycles. The minimum atomic E-state index is -0.109. The van der Waals surface area contributed by atoms with E-state index in [9.17, 15) is 14.7 Å². The number of aromatic hydroxyl groups is 1. The van der Waals surface area contributed by atoms with Gasteiger partial charge in [0.25, 0.3) is 5.56 Å². The van der Waals surface area contributed by atoms with Crippen LogP contribution in [-0.4, -0.2) is 15.5 Å². The van der Waals surface area contributed by atoms with Crippen LogP contribution < -0.4 is 5.56 Å². The Morgan fingerprint density at radius 3 is 2.75 bits per heavy atom. The molecule has 1 N–H and O–H groups in total. The van der Waals surface area contributed by atoms with Crippen molar-refractivity contribution in [2.24, 2.45) is 0 Å². The van der Waals surface area contributed by atoms with Crippen molar-refractivity contribution in [3.8, 4) is 5.75 Å². The van der Waals surface area contributed by atoms with Crippen LogP contribution in [0.1, 0.15) is 34.5 Å². The number of phenols is 1. The van der Waals surface area contributed by atoms with Crippen LogP contribution in [0.3, 0.4) is 0 Å². The molecule has 0 spiro atoms. The maximum Gasteiger partial charge on any atom is 0.251 e. The zero-order valence-electron chi connectivity index (χ0n) is 11.0. The second-order valence-corrected chi connectivity index (χ2v) is 5.06. The lowest BCUT2D eigenvalue weighted by Crippen LogP contribution is -2.28. The van der Waals surface area contributed by atoms with Crippen molar-refractivity contribution in [1.82, 2.24) is 4.57 Å². The van der Waals surface area contributed by atoms with Gasteiger partial charge in [0.2, 0.25) is 0 Å². The third-order valence-corrected chi connectivity index (χ3v) is 3.66. The summed E-state index contributed by atoms with van der Waals surface area (Å²) in [6.45, 7) is 0.379. The number of Topliss-reactive ketones (excluding diaryl/α,β-unsaturated/α-hetero) is 1. The molecule has 4 nitrogen and oxygen atoms in total. The number of fused-ring (bicyclic) bond motifs is 1. The topological polar surface area (TPSA) is 59.3 Å². The zero-order valence-corrected chi connectivity index (χ0v) is 11.0. The Labute approximate surface area is 116 Å². The van der Waals surface area contributed by atoms with E-state index in [0.717, 1.165) is 24.1 Å². The molecule has 1 aromatic carbocycles. The number of pyridine rings is 1.